The summed E-state index contributed by atoms with van der Waals surface area (Å²) in [4.78, 5) is 17.7. The molecule has 0 unspecified atom stereocenters. The van der Waals surface area contributed by atoms with Crippen LogP contribution in [-0.4, -0.2) is 57.6 Å². The highest BCUT2D eigenvalue weighted by Gasteiger charge is 2.45. The Morgan fingerprint density at radius 2 is 2.04 bits per heavy atom. The number of aromatic amines is 1. The largest absolute Gasteiger partial charge is 0.337 e. The summed E-state index contributed by atoms with van der Waals surface area (Å²) in [5, 5.41) is 7.11. The summed E-state index contributed by atoms with van der Waals surface area (Å²) < 4.78 is 0. The lowest BCUT2D eigenvalue weighted by molar-refractivity contribution is -0.0499. The van der Waals surface area contributed by atoms with Crippen LogP contribution in [0.5, 0.6) is 0 Å². The third-order valence-electron chi connectivity index (χ3n) is 6.92. The molecule has 3 fully saturated rings. The molecule has 1 aromatic heterocycles. The molecule has 3 saturated heterocycles. The molecule has 0 saturated carbocycles. The maximum atomic E-state index is 12.9. The zero-order chi connectivity index (χ0) is 19.1. The second-order valence-corrected chi connectivity index (χ2v) is 9.11. The lowest BCUT2D eigenvalue weighted by Gasteiger charge is -2.55. The average molecular weight is 399 g/mol. The number of carbonyl (C=O) groups excluding carboxylic acids is 1. The Balaban J connectivity index is 1.32. The lowest BCUT2D eigenvalue weighted by Crippen LogP contribution is -2.62. The standard InChI is InChI=1S/C22H27ClN4O/c23-19-11-24-25-21(19)22(28)26-12-16-9-17(14-26)20-8-4-7-18(27(20)13-16)10-15-5-2-1-3-6-15/h1-3,5-6,11,16-18,20H,4,7-10,12-14H2,(H,24,25)/t16-,17+,18+,20-/m0/s1. The molecule has 5 nitrogen and oxygen atoms in total. The predicted molar refractivity (Wildman–Crippen MR) is 109 cm³/mol. The van der Waals surface area contributed by atoms with E-state index in [0.29, 0.717) is 34.6 Å². The van der Waals surface area contributed by atoms with Crippen molar-refractivity contribution in [1.82, 2.24) is 20.0 Å². The SMILES string of the molecule is O=C(c1[nH]ncc1Cl)N1C[C@@H]2C[C@H](C1)[C@@H]1CCC[C@H](Cc3ccccc3)N1C2. The molecule has 1 N–H and O–H groups in total. The number of amides is 1. The fraction of sp³-hybridized carbons (Fsp3) is 0.545. The number of nitrogens with one attached hydrogen (secondary N) is 1. The van der Waals surface area contributed by atoms with Gasteiger partial charge in [-0.1, -0.05) is 48.4 Å². The molecule has 1 amide bonds. The van der Waals surface area contributed by atoms with Crippen LogP contribution in [0.4, 0.5) is 0 Å². The summed E-state index contributed by atoms with van der Waals surface area (Å²) in [7, 11) is 0. The third kappa shape index (κ3) is 3.35. The second-order valence-electron chi connectivity index (χ2n) is 8.70. The van der Waals surface area contributed by atoms with E-state index in [-0.39, 0.29) is 5.91 Å². The molecule has 28 heavy (non-hydrogen) atoms. The number of carbonyl (C=O) groups is 1. The zero-order valence-electron chi connectivity index (χ0n) is 16.1. The van der Waals surface area contributed by atoms with Crippen molar-refractivity contribution in [2.24, 2.45) is 11.8 Å². The summed E-state index contributed by atoms with van der Waals surface area (Å²) >= 11 is 6.13. The Kier molecular flexibility index (Phi) is 4.89. The van der Waals surface area contributed by atoms with E-state index >= 15 is 0 Å². The first kappa shape index (κ1) is 18.2. The van der Waals surface area contributed by atoms with Gasteiger partial charge in [0.05, 0.1) is 11.2 Å². The number of rotatable bonds is 3. The number of hydrogen-bond acceptors (Lipinski definition) is 3. The molecule has 4 atom stereocenters. The van der Waals surface area contributed by atoms with Crippen molar-refractivity contribution in [2.45, 2.75) is 44.2 Å². The lowest BCUT2D eigenvalue weighted by atomic mass is 9.74. The van der Waals surface area contributed by atoms with Gasteiger partial charge in [0.2, 0.25) is 0 Å². The van der Waals surface area contributed by atoms with Gasteiger partial charge in [-0.2, -0.15) is 5.10 Å². The molecular formula is C22H27ClN4O. The van der Waals surface area contributed by atoms with Crippen LogP contribution in [0.2, 0.25) is 5.02 Å². The van der Waals surface area contributed by atoms with Crippen molar-refractivity contribution in [3.05, 3.63) is 52.8 Å². The van der Waals surface area contributed by atoms with Crippen molar-refractivity contribution < 1.29 is 4.79 Å². The molecule has 5 rings (SSSR count). The van der Waals surface area contributed by atoms with E-state index in [1.807, 2.05) is 4.90 Å². The van der Waals surface area contributed by atoms with E-state index in [1.54, 1.807) is 0 Å². The normalized spacial score (nSPS) is 30.1. The van der Waals surface area contributed by atoms with Crippen LogP contribution in [0.25, 0.3) is 0 Å². The molecule has 0 spiro atoms. The molecule has 1 aromatic carbocycles. The quantitative estimate of drug-likeness (QED) is 0.859. The molecule has 0 aliphatic carbocycles. The van der Waals surface area contributed by atoms with Crippen LogP contribution in [0.3, 0.4) is 0 Å². The Bertz CT molecular complexity index is 838. The fourth-order valence-corrected chi connectivity index (χ4v) is 5.93. The summed E-state index contributed by atoms with van der Waals surface area (Å²) in [5.74, 6) is 1.12. The van der Waals surface area contributed by atoms with Crippen molar-refractivity contribution in [3.8, 4) is 0 Å². The molecule has 148 valence electrons. The van der Waals surface area contributed by atoms with Crippen molar-refractivity contribution in [2.75, 3.05) is 19.6 Å². The average Bonchev–Trinajstić information content (AvgIpc) is 3.14. The van der Waals surface area contributed by atoms with Crippen molar-refractivity contribution >= 4 is 17.5 Å². The molecule has 3 aliphatic heterocycles. The van der Waals surface area contributed by atoms with Crippen molar-refractivity contribution in [1.29, 1.82) is 0 Å². The van der Waals surface area contributed by atoms with Gasteiger partial charge in [-0.3, -0.25) is 14.8 Å². The van der Waals surface area contributed by atoms with Crippen LogP contribution >= 0.6 is 11.6 Å². The molecule has 0 radical (unpaired) electrons. The Labute approximate surface area is 171 Å². The smallest absolute Gasteiger partial charge is 0.273 e. The summed E-state index contributed by atoms with van der Waals surface area (Å²) in [6.07, 6.45) is 7.74. The van der Waals surface area contributed by atoms with E-state index in [2.05, 4.69) is 45.4 Å². The minimum Gasteiger partial charge on any atom is -0.337 e. The van der Waals surface area contributed by atoms with Crippen molar-refractivity contribution in [3.63, 3.8) is 0 Å². The van der Waals surface area contributed by atoms with Gasteiger partial charge in [-0.15, -0.1) is 0 Å². The van der Waals surface area contributed by atoms with Gasteiger partial charge in [0.1, 0.15) is 5.69 Å². The number of benzene rings is 1. The maximum Gasteiger partial charge on any atom is 0.273 e. The first-order valence-corrected chi connectivity index (χ1v) is 10.8. The summed E-state index contributed by atoms with van der Waals surface area (Å²) in [5.41, 5.74) is 1.87. The number of halogens is 1. The predicted octanol–water partition coefficient (Wildman–Crippen LogP) is 3.62. The van der Waals surface area contributed by atoms with E-state index in [1.165, 1.54) is 37.4 Å². The van der Waals surface area contributed by atoms with Crippen LogP contribution in [0.1, 0.15) is 41.7 Å². The van der Waals surface area contributed by atoms with E-state index in [0.717, 1.165) is 26.1 Å². The molecule has 2 aromatic rings. The first-order chi connectivity index (χ1) is 13.7. The molecule has 4 heterocycles. The Morgan fingerprint density at radius 1 is 1.18 bits per heavy atom. The van der Waals surface area contributed by atoms with Gasteiger partial charge < -0.3 is 4.90 Å². The highest BCUT2D eigenvalue weighted by Crippen LogP contribution is 2.40. The fourth-order valence-electron chi connectivity index (χ4n) is 5.76. The minimum absolute atomic E-state index is 0.00212. The van der Waals surface area contributed by atoms with Gasteiger partial charge in [0.15, 0.2) is 0 Å². The number of H-pyrrole nitrogens is 1. The monoisotopic (exact) mass is 398 g/mol. The molecule has 2 bridgehead atoms. The first-order valence-electron chi connectivity index (χ1n) is 10.5. The number of piperidine rings is 3. The summed E-state index contributed by atoms with van der Waals surface area (Å²) in [6.45, 7) is 2.77. The van der Waals surface area contributed by atoms with Crippen LogP contribution in [-0.2, 0) is 6.42 Å². The minimum atomic E-state index is 0.00212. The number of likely N-dealkylation sites (tertiary alicyclic amines) is 1. The van der Waals surface area contributed by atoms with Crippen LogP contribution in [0.15, 0.2) is 36.5 Å². The topological polar surface area (TPSA) is 52.2 Å². The number of nitrogens with zero attached hydrogens (tertiary/aromatic N) is 3. The Morgan fingerprint density at radius 3 is 2.82 bits per heavy atom. The number of fused-ring (bicyclic) bond motifs is 4. The zero-order valence-corrected chi connectivity index (χ0v) is 16.8. The number of hydrogen-bond donors (Lipinski definition) is 1. The van der Waals surface area contributed by atoms with Gasteiger partial charge in [0, 0.05) is 31.7 Å². The number of aromatic nitrogens is 2. The van der Waals surface area contributed by atoms with E-state index < -0.39 is 0 Å². The van der Waals surface area contributed by atoms with Gasteiger partial charge in [-0.05, 0) is 43.1 Å². The van der Waals surface area contributed by atoms with Gasteiger partial charge in [0.25, 0.3) is 5.91 Å². The molecule has 6 heteroatoms. The van der Waals surface area contributed by atoms with Crippen LogP contribution < -0.4 is 0 Å². The van der Waals surface area contributed by atoms with Gasteiger partial charge >= 0.3 is 0 Å². The molecule has 3 aliphatic rings. The van der Waals surface area contributed by atoms with Crippen LogP contribution in [0, 0.1) is 11.8 Å². The van der Waals surface area contributed by atoms with Gasteiger partial charge in [-0.25, -0.2) is 0 Å². The van der Waals surface area contributed by atoms with E-state index in [9.17, 15) is 4.79 Å². The summed E-state index contributed by atoms with van der Waals surface area (Å²) in [6, 6.07) is 12.1. The Hall–Kier alpha value is -1.85. The van der Waals surface area contributed by atoms with E-state index in [4.69, 9.17) is 11.6 Å². The third-order valence-corrected chi connectivity index (χ3v) is 7.21. The highest BCUT2D eigenvalue weighted by atomic mass is 35.5. The highest BCUT2D eigenvalue weighted by molar-refractivity contribution is 6.33. The maximum absolute atomic E-state index is 12.9. The molecular weight excluding hydrogens is 372 g/mol. The second kappa shape index (κ2) is 7.53.